The standard InChI is InChI=1S/C22H24N2O2/c1-17(16-18-10-4-2-5-11-18)21(25)23-20(19-12-6-3-7-13-19)22(26)24-14-8-9-15-24/h2-7,10-13,16,20H,8-9,14-15H2,1H3,(H,23,25)/b17-16+/t20-/m0/s1. The Morgan fingerprint density at radius 3 is 2.15 bits per heavy atom. The fourth-order valence-corrected chi connectivity index (χ4v) is 3.16. The molecule has 1 N–H and O–H groups in total. The van der Waals surface area contributed by atoms with Gasteiger partial charge in [-0.05, 0) is 37.0 Å². The van der Waals surface area contributed by atoms with E-state index >= 15 is 0 Å². The normalized spacial score (nSPS) is 15.6. The highest BCUT2D eigenvalue weighted by atomic mass is 16.2. The first-order valence-electron chi connectivity index (χ1n) is 9.03. The number of nitrogens with zero attached hydrogens (tertiary/aromatic N) is 1. The molecule has 0 aliphatic carbocycles. The number of carbonyl (C=O) groups excluding carboxylic acids is 2. The zero-order chi connectivity index (χ0) is 18.4. The number of hydrogen-bond acceptors (Lipinski definition) is 2. The van der Waals surface area contributed by atoms with Crippen molar-refractivity contribution in [2.75, 3.05) is 13.1 Å². The van der Waals surface area contributed by atoms with E-state index in [1.54, 1.807) is 6.92 Å². The molecule has 3 rings (SSSR count). The van der Waals surface area contributed by atoms with Gasteiger partial charge in [0.2, 0.25) is 11.8 Å². The van der Waals surface area contributed by atoms with Crippen LogP contribution in [0.15, 0.2) is 66.2 Å². The van der Waals surface area contributed by atoms with Gasteiger partial charge in [0.15, 0.2) is 0 Å². The lowest BCUT2D eigenvalue weighted by Gasteiger charge is -2.24. The second kappa shape index (κ2) is 8.48. The molecule has 1 fully saturated rings. The van der Waals surface area contributed by atoms with E-state index in [4.69, 9.17) is 0 Å². The van der Waals surface area contributed by atoms with Crippen molar-refractivity contribution in [3.8, 4) is 0 Å². The molecule has 2 amide bonds. The van der Waals surface area contributed by atoms with Crippen LogP contribution in [0.5, 0.6) is 0 Å². The van der Waals surface area contributed by atoms with Crippen molar-refractivity contribution in [2.45, 2.75) is 25.8 Å². The molecule has 1 saturated heterocycles. The lowest BCUT2D eigenvalue weighted by Crippen LogP contribution is -2.42. The minimum absolute atomic E-state index is 0.0328. The van der Waals surface area contributed by atoms with Crippen LogP contribution in [0.25, 0.3) is 6.08 Å². The zero-order valence-corrected chi connectivity index (χ0v) is 15.0. The summed E-state index contributed by atoms with van der Waals surface area (Å²) in [7, 11) is 0. The smallest absolute Gasteiger partial charge is 0.249 e. The number of hydrogen-bond donors (Lipinski definition) is 1. The Labute approximate surface area is 154 Å². The number of benzene rings is 2. The van der Waals surface area contributed by atoms with Crippen molar-refractivity contribution in [1.82, 2.24) is 10.2 Å². The summed E-state index contributed by atoms with van der Waals surface area (Å²) in [6.07, 6.45) is 3.87. The predicted octanol–water partition coefficient (Wildman–Crippen LogP) is 3.57. The number of rotatable bonds is 5. The van der Waals surface area contributed by atoms with E-state index < -0.39 is 6.04 Å². The summed E-state index contributed by atoms with van der Waals surface area (Å²) in [5, 5.41) is 2.93. The molecular formula is C22H24N2O2. The van der Waals surface area contributed by atoms with Gasteiger partial charge < -0.3 is 10.2 Å². The van der Waals surface area contributed by atoms with Gasteiger partial charge in [-0.15, -0.1) is 0 Å². The molecule has 0 bridgehead atoms. The van der Waals surface area contributed by atoms with Crippen molar-refractivity contribution < 1.29 is 9.59 Å². The van der Waals surface area contributed by atoms with E-state index in [0.29, 0.717) is 5.57 Å². The summed E-state index contributed by atoms with van der Waals surface area (Å²) in [6.45, 7) is 3.29. The van der Waals surface area contributed by atoms with Crippen LogP contribution < -0.4 is 5.32 Å². The van der Waals surface area contributed by atoms with Crippen LogP contribution in [0.3, 0.4) is 0 Å². The molecule has 4 heteroatoms. The number of amides is 2. The van der Waals surface area contributed by atoms with Gasteiger partial charge in [0.05, 0.1) is 0 Å². The highest BCUT2D eigenvalue weighted by molar-refractivity contribution is 6.00. The third kappa shape index (κ3) is 4.39. The average molecular weight is 348 g/mol. The van der Waals surface area contributed by atoms with Crippen molar-refractivity contribution in [1.29, 1.82) is 0 Å². The second-order valence-electron chi connectivity index (χ2n) is 6.59. The summed E-state index contributed by atoms with van der Waals surface area (Å²) >= 11 is 0. The lowest BCUT2D eigenvalue weighted by atomic mass is 10.0. The van der Waals surface area contributed by atoms with Crippen molar-refractivity contribution >= 4 is 17.9 Å². The first-order chi connectivity index (χ1) is 12.6. The summed E-state index contributed by atoms with van der Waals surface area (Å²) in [6, 6.07) is 18.5. The van der Waals surface area contributed by atoms with Gasteiger partial charge in [-0.25, -0.2) is 0 Å². The molecule has 1 aliphatic rings. The molecule has 0 aromatic heterocycles. The van der Waals surface area contributed by atoms with Gasteiger partial charge in [0, 0.05) is 18.7 Å². The fourth-order valence-electron chi connectivity index (χ4n) is 3.16. The zero-order valence-electron chi connectivity index (χ0n) is 15.0. The van der Waals surface area contributed by atoms with Crippen LogP contribution in [0.1, 0.15) is 36.9 Å². The average Bonchev–Trinajstić information content (AvgIpc) is 3.21. The van der Waals surface area contributed by atoms with Gasteiger partial charge in [0.25, 0.3) is 0 Å². The Hall–Kier alpha value is -2.88. The topological polar surface area (TPSA) is 49.4 Å². The molecule has 0 saturated carbocycles. The van der Waals surface area contributed by atoms with Crippen molar-refractivity contribution in [2.24, 2.45) is 0 Å². The first-order valence-corrected chi connectivity index (χ1v) is 9.03. The Morgan fingerprint density at radius 2 is 1.54 bits per heavy atom. The maximum Gasteiger partial charge on any atom is 0.249 e. The molecule has 1 aliphatic heterocycles. The third-order valence-electron chi connectivity index (χ3n) is 4.61. The van der Waals surface area contributed by atoms with Crippen LogP contribution >= 0.6 is 0 Å². The van der Waals surface area contributed by atoms with E-state index in [1.165, 1.54) is 0 Å². The van der Waals surface area contributed by atoms with Crippen LogP contribution in [0.4, 0.5) is 0 Å². The number of carbonyl (C=O) groups is 2. The molecule has 4 nitrogen and oxygen atoms in total. The highest BCUT2D eigenvalue weighted by Crippen LogP contribution is 2.20. The quantitative estimate of drug-likeness (QED) is 0.840. The highest BCUT2D eigenvalue weighted by Gasteiger charge is 2.29. The van der Waals surface area contributed by atoms with Crippen LogP contribution in [-0.2, 0) is 9.59 Å². The predicted molar refractivity (Wildman–Crippen MR) is 103 cm³/mol. The Kier molecular flexibility index (Phi) is 5.84. The monoisotopic (exact) mass is 348 g/mol. The van der Waals surface area contributed by atoms with Gasteiger partial charge in [-0.3, -0.25) is 9.59 Å². The molecule has 0 spiro atoms. The van der Waals surface area contributed by atoms with Crippen molar-refractivity contribution in [3.63, 3.8) is 0 Å². The maximum atomic E-state index is 13.0. The molecule has 26 heavy (non-hydrogen) atoms. The van der Waals surface area contributed by atoms with Gasteiger partial charge in [0.1, 0.15) is 6.04 Å². The van der Waals surface area contributed by atoms with Gasteiger partial charge >= 0.3 is 0 Å². The first kappa shape index (κ1) is 17.9. The summed E-state index contributed by atoms with van der Waals surface area (Å²) in [5.41, 5.74) is 2.35. The number of likely N-dealkylation sites (tertiary alicyclic amines) is 1. The second-order valence-corrected chi connectivity index (χ2v) is 6.59. The molecule has 1 heterocycles. The Balaban J connectivity index is 1.80. The van der Waals surface area contributed by atoms with E-state index in [9.17, 15) is 9.59 Å². The van der Waals surface area contributed by atoms with E-state index in [-0.39, 0.29) is 11.8 Å². The molecule has 2 aromatic rings. The summed E-state index contributed by atoms with van der Waals surface area (Å²) in [4.78, 5) is 27.5. The Morgan fingerprint density at radius 1 is 0.962 bits per heavy atom. The molecule has 0 radical (unpaired) electrons. The molecule has 134 valence electrons. The van der Waals surface area contributed by atoms with Crippen LogP contribution in [-0.4, -0.2) is 29.8 Å². The largest absolute Gasteiger partial charge is 0.341 e. The molecular weight excluding hydrogens is 324 g/mol. The van der Waals surface area contributed by atoms with E-state index in [0.717, 1.165) is 37.1 Å². The summed E-state index contributed by atoms with van der Waals surface area (Å²) < 4.78 is 0. The molecule has 2 aromatic carbocycles. The van der Waals surface area contributed by atoms with E-state index in [2.05, 4.69) is 5.32 Å². The lowest BCUT2D eigenvalue weighted by molar-refractivity contribution is -0.135. The fraction of sp³-hybridized carbons (Fsp3) is 0.273. The molecule has 1 atom stereocenters. The minimum Gasteiger partial charge on any atom is -0.341 e. The van der Waals surface area contributed by atoms with Crippen molar-refractivity contribution in [3.05, 3.63) is 77.4 Å². The molecule has 0 unspecified atom stereocenters. The third-order valence-corrected chi connectivity index (χ3v) is 4.61. The summed E-state index contributed by atoms with van der Waals surface area (Å²) in [5.74, 6) is -0.259. The van der Waals surface area contributed by atoms with E-state index in [1.807, 2.05) is 71.6 Å². The maximum absolute atomic E-state index is 13.0. The Bertz CT molecular complexity index is 778. The SMILES string of the molecule is C/C(=C\c1ccccc1)C(=O)N[C@H](C(=O)N1CCCC1)c1ccccc1. The van der Waals surface area contributed by atoms with Crippen LogP contribution in [0, 0.1) is 0 Å². The van der Waals surface area contributed by atoms with Crippen LogP contribution in [0.2, 0.25) is 0 Å². The number of nitrogens with one attached hydrogen (secondary N) is 1. The van der Waals surface area contributed by atoms with Gasteiger partial charge in [-0.1, -0.05) is 60.7 Å². The minimum atomic E-state index is -0.652. The van der Waals surface area contributed by atoms with Gasteiger partial charge in [-0.2, -0.15) is 0 Å².